The molecule has 1 amide bonds. The number of carbonyl (C=O) groups is 1. The summed E-state index contributed by atoms with van der Waals surface area (Å²) in [4.78, 5) is 14.5. The van der Waals surface area contributed by atoms with E-state index in [1.54, 1.807) is 6.20 Å². The smallest absolute Gasteiger partial charge is 0.280 e. The van der Waals surface area contributed by atoms with E-state index in [0.717, 1.165) is 44.6 Å². The Morgan fingerprint density at radius 3 is 2.83 bits per heavy atom. The fraction of sp³-hybridized carbons (Fsp3) is 0.438. The topological polar surface area (TPSA) is 63.1 Å². The molecular formula is C16H20ClN5O. The van der Waals surface area contributed by atoms with Crippen molar-refractivity contribution in [3.8, 4) is 0 Å². The first kappa shape index (κ1) is 16.0. The van der Waals surface area contributed by atoms with Crippen molar-refractivity contribution >= 4 is 24.0 Å². The number of nitrogens with zero attached hydrogens (tertiary/aromatic N) is 4. The molecule has 1 fully saturated rings. The van der Waals surface area contributed by atoms with Gasteiger partial charge in [0.15, 0.2) is 5.69 Å². The van der Waals surface area contributed by atoms with Crippen LogP contribution in [0.3, 0.4) is 0 Å². The van der Waals surface area contributed by atoms with Crippen LogP contribution in [-0.2, 0) is 6.42 Å². The van der Waals surface area contributed by atoms with Crippen LogP contribution in [0.2, 0.25) is 0 Å². The summed E-state index contributed by atoms with van der Waals surface area (Å²) in [6, 6.07) is 8.41. The predicted molar refractivity (Wildman–Crippen MR) is 90.2 cm³/mol. The Morgan fingerprint density at radius 2 is 2.00 bits per heavy atom. The molecule has 6 nitrogen and oxygen atoms in total. The van der Waals surface area contributed by atoms with Crippen LogP contribution in [0, 0.1) is 0 Å². The lowest BCUT2D eigenvalue weighted by Gasteiger charge is -2.22. The number of fused-ring (bicyclic) bond motifs is 1. The first-order chi connectivity index (χ1) is 10.8. The highest BCUT2D eigenvalue weighted by Gasteiger charge is 2.27. The second-order valence-electron chi connectivity index (χ2n) is 5.90. The minimum Gasteiger partial charge on any atom is -0.317 e. The van der Waals surface area contributed by atoms with E-state index in [1.165, 1.54) is 5.56 Å². The molecule has 0 radical (unpaired) electrons. The molecule has 7 heteroatoms. The fourth-order valence-electron chi connectivity index (χ4n) is 3.31. The summed E-state index contributed by atoms with van der Waals surface area (Å²) >= 11 is 0. The quantitative estimate of drug-likeness (QED) is 0.910. The Kier molecular flexibility index (Phi) is 4.63. The van der Waals surface area contributed by atoms with Gasteiger partial charge in [-0.25, -0.2) is 4.68 Å². The molecule has 3 heterocycles. The van der Waals surface area contributed by atoms with Crippen molar-refractivity contribution in [3.05, 3.63) is 41.7 Å². The zero-order valence-corrected chi connectivity index (χ0v) is 13.6. The molecule has 122 valence electrons. The van der Waals surface area contributed by atoms with Crippen LogP contribution in [0.4, 0.5) is 5.69 Å². The van der Waals surface area contributed by atoms with Gasteiger partial charge in [0, 0.05) is 12.2 Å². The zero-order valence-electron chi connectivity index (χ0n) is 12.8. The highest BCUT2D eigenvalue weighted by Crippen LogP contribution is 2.28. The number of anilines is 1. The highest BCUT2D eigenvalue weighted by atomic mass is 35.5. The maximum Gasteiger partial charge on any atom is 0.280 e. The van der Waals surface area contributed by atoms with Crippen LogP contribution < -0.4 is 10.2 Å². The maximum atomic E-state index is 12.7. The molecular weight excluding hydrogens is 314 g/mol. The third kappa shape index (κ3) is 2.96. The number of piperidine rings is 1. The number of rotatable bonds is 2. The van der Waals surface area contributed by atoms with Crippen molar-refractivity contribution in [2.45, 2.75) is 25.3 Å². The summed E-state index contributed by atoms with van der Waals surface area (Å²) in [6.45, 7) is 2.71. The molecule has 1 N–H and O–H groups in total. The van der Waals surface area contributed by atoms with Gasteiger partial charge < -0.3 is 10.2 Å². The number of para-hydroxylation sites is 1. The number of nitrogens with one attached hydrogen (secondary N) is 1. The fourth-order valence-corrected chi connectivity index (χ4v) is 3.31. The van der Waals surface area contributed by atoms with Crippen LogP contribution in [-0.4, -0.2) is 40.5 Å². The van der Waals surface area contributed by atoms with Crippen molar-refractivity contribution in [1.82, 2.24) is 20.3 Å². The molecule has 2 aliphatic rings. The molecule has 0 unspecified atom stereocenters. The van der Waals surface area contributed by atoms with Crippen molar-refractivity contribution in [2.24, 2.45) is 0 Å². The number of hydrogen-bond donors (Lipinski definition) is 1. The van der Waals surface area contributed by atoms with E-state index >= 15 is 0 Å². The molecule has 2 aromatic rings. The van der Waals surface area contributed by atoms with E-state index < -0.39 is 0 Å². The Balaban J connectivity index is 0.00000156. The molecule has 0 spiro atoms. The van der Waals surface area contributed by atoms with Gasteiger partial charge in [-0.1, -0.05) is 23.4 Å². The highest BCUT2D eigenvalue weighted by molar-refractivity contribution is 6.05. The Morgan fingerprint density at radius 1 is 1.22 bits per heavy atom. The van der Waals surface area contributed by atoms with Crippen LogP contribution in [0.1, 0.15) is 34.9 Å². The molecule has 23 heavy (non-hydrogen) atoms. The lowest BCUT2D eigenvalue weighted by atomic mass is 10.1. The molecule has 1 aromatic heterocycles. The van der Waals surface area contributed by atoms with E-state index in [-0.39, 0.29) is 18.3 Å². The Hall–Kier alpha value is -1.92. The second-order valence-corrected chi connectivity index (χ2v) is 5.90. The van der Waals surface area contributed by atoms with Gasteiger partial charge in [-0.3, -0.25) is 4.79 Å². The number of carbonyl (C=O) groups excluding carboxylic acids is 1. The zero-order chi connectivity index (χ0) is 14.9. The van der Waals surface area contributed by atoms with Crippen LogP contribution in [0.15, 0.2) is 30.5 Å². The molecule has 0 saturated carbocycles. The average Bonchev–Trinajstić information content (AvgIpc) is 3.22. The normalized spacial score (nSPS) is 17.7. The van der Waals surface area contributed by atoms with Gasteiger partial charge in [-0.2, -0.15) is 0 Å². The minimum absolute atomic E-state index is 0. The van der Waals surface area contributed by atoms with Crippen molar-refractivity contribution < 1.29 is 4.79 Å². The van der Waals surface area contributed by atoms with Gasteiger partial charge in [0.1, 0.15) is 0 Å². The number of aromatic nitrogens is 3. The predicted octanol–water partition coefficient (Wildman–Crippen LogP) is 1.83. The number of hydrogen-bond acceptors (Lipinski definition) is 4. The molecule has 4 rings (SSSR count). The van der Waals surface area contributed by atoms with E-state index in [9.17, 15) is 4.79 Å². The number of halogens is 1. The Labute approximate surface area is 141 Å². The van der Waals surface area contributed by atoms with Gasteiger partial charge >= 0.3 is 0 Å². The summed E-state index contributed by atoms with van der Waals surface area (Å²) in [6.07, 6.45) is 4.77. The van der Waals surface area contributed by atoms with Crippen LogP contribution in [0.25, 0.3) is 0 Å². The molecule has 2 aliphatic heterocycles. The summed E-state index contributed by atoms with van der Waals surface area (Å²) in [7, 11) is 0. The van der Waals surface area contributed by atoms with E-state index in [0.29, 0.717) is 11.7 Å². The van der Waals surface area contributed by atoms with Gasteiger partial charge in [-0.15, -0.1) is 17.5 Å². The summed E-state index contributed by atoms with van der Waals surface area (Å²) in [5, 5.41) is 11.6. The third-order valence-electron chi connectivity index (χ3n) is 4.54. The average molecular weight is 334 g/mol. The molecule has 1 aromatic carbocycles. The largest absolute Gasteiger partial charge is 0.317 e. The monoisotopic (exact) mass is 333 g/mol. The van der Waals surface area contributed by atoms with Crippen molar-refractivity contribution in [1.29, 1.82) is 0 Å². The summed E-state index contributed by atoms with van der Waals surface area (Å²) in [5.74, 6) is -0.0508. The van der Waals surface area contributed by atoms with Crippen molar-refractivity contribution in [2.75, 3.05) is 24.5 Å². The van der Waals surface area contributed by atoms with Crippen molar-refractivity contribution in [3.63, 3.8) is 0 Å². The SMILES string of the molecule is Cl.O=C(c1cn(C2CCNCC2)nn1)N1CCc2ccccc21. The number of amides is 1. The minimum atomic E-state index is -0.0508. The van der Waals surface area contributed by atoms with Gasteiger partial charge in [-0.05, 0) is 44.0 Å². The lowest BCUT2D eigenvalue weighted by Crippen LogP contribution is -2.30. The number of benzene rings is 1. The van der Waals surface area contributed by atoms with E-state index in [2.05, 4.69) is 21.7 Å². The van der Waals surface area contributed by atoms with Gasteiger partial charge in [0.25, 0.3) is 5.91 Å². The first-order valence-corrected chi connectivity index (χ1v) is 7.85. The second kappa shape index (κ2) is 6.68. The molecule has 0 bridgehead atoms. The molecule has 0 aliphatic carbocycles. The van der Waals surface area contributed by atoms with Crippen LogP contribution in [0.5, 0.6) is 0 Å². The third-order valence-corrected chi connectivity index (χ3v) is 4.54. The van der Waals surface area contributed by atoms with E-state index in [4.69, 9.17) is 0 Å². The standard InChI is InChI=1S/C16H19N5O.ClH/c22-16(20-10-7-12-3-1-2-4-15(12)20)14-11-21(19-18-14)13-5-8-17-9-6-13;/h1-4,11,13,17H,5-10H2;1H. The molecule has 1 saturated heterocycles. The van der Waals surface area contributed by atoms with Gasteiger partial charge in [0.05, 0.1) is 12.2 Å². The van der Waals surface area contributed by atoms with Crippen LogP contribution >= 0.6 is 12.4 Å². The summed E-state index contributed by atoms with van der Waals surface area (Å²) < 4.78 is 1.86. The van der Waals surface area contributed by atoms with Gasteiger partial charge in [0.2, 0.25) is 0 Å². The maximum absolute atomic E-state index is 12.7. The first-order valence-electron chi connectivity index (χ1n) is 7.85. The lowest BCUT2D eigenvalue weighted by molar-refractivity contribution is 0.0984. The molecule has 0 atom stereocenters. The Bertz CT molecular complexity index is 695. The summed E-state index contributed by atoms with van der Waals surface area (Å²) in [5.41, 5.74) is 2.67. The van der Waals surface area contributed by atoms with E-state index in [1.807, 2.05) is 27.8 Å².